The van der Waals surface area contributed by atoms with E-state index >= 15 is 0 Å². The van der Waals surface area contributed by atoms with Gasteiger partial charge in [-0.1, -0.05) is 49.6 Å². The van der Waals surface area contributed by atoms with Gasteiger partial charge in [0.2, 0.25) is 5.91 Å². The molecule has 1 aromatic rings. The normalized spacial score (nSPS) is 30.8. The molecule has 1 aromatic carbocycles. The SMILES string of the molecule is Cc1ccc(C2NCC(=O)N2C2CCCCC2C)cc1. The van der Waals surface area contributed by atoms with Gasteiger partial charge >= 0.3 is 0 Å². The van der Waals surface area contributed by atoms with Crippen molar-refractivity contribution in [3.05, 3.63) is 35.4 Å². The second-order valence-electron chi connectivity index (χ2n) is 6.32. The first-order chi connectivity index (χ1) is 9.66. The van der Waals surface area contributed by atoms with Crippen LogP contribution < -0.4 is 5.32 Å². The van der Waals surface area contributed by atoms with E-state index in [0.717, 1.165) is 6.42 Å². The van der Waals surface area contributed by atoms with E-state index in [4.69, 9.17) is 0 Å². The van der Waals surface area contributed by atoms with Crippen LogP contribution in [0.5, 0.6) is 0 Å². The Morgan fingerprint density at radius 3 is 2.55 bits per heavy atom. The van der Waals surface area contributed by atoms with Crippen LogP contribution >= 0.6 is 0 Å². The number of carbonyl (C=O) groups is 1. The third kappa shape index (κ3) is 2.47. The molecule has 1 saturated carbocycles. The Kier molecular flexibility index (Phi) is 3.79. The number of hydrogen-bond donors (Lipinski definition) is 1. The molecule has 0 aromatic heterocycles. The number of aryl methyl sites for hydroxylation is 1. The van der Waals surface area contributed by atoms with Gasteiger partial charge in [-0.3, -0.25) is 10.1 Å². The summed E-state index contributed by atoms with van der Waals surface area (Å²) in [4.78, 5) is 14.5. The maximum Gasteiger partial charge on any atom is 0.238 e. The fourth-order valence-electron chi connectivity index (χ4n) is 3.63. The van der Waals surface area contributed by atoms with Crippen LogP contribution in [0.2, 0.25) is 0 Å². The van der Waals surface area contributed by atoms with Crippen LogP contribution in [-0.4, -0.2) is 23.4 Å². The molecule has 108 valence electrons. The molecule has 3 unspecified atom stereocenters. The Hall–Kier alpha value is -1.35. The van der Waals surface area contributed by atoms with Crippen LogP contribution in [0.15, 0.2) is 24.3 Å². The monoisotopic (exact) mass is 272 g/mol. The van der Waals surface area contributed by atoms with Gasteiger partial charge in [0.1, 0.15) is 6.17 Å². The lowest BCUT2D eigenvalue weighted by Gasteiger charge is -2.39. The van der Waals surface area contributed by atoms with Gasteiger partial charge in [0, 0.05) is 6.04 Å². The Bertz CT molecular complexity index is 482. The molecular weight excluding hydrogens is 248 g/mol. The molecule has 0 spiro atoms. The summed E-state index contributed by atoms with van der Waals surface area (Å²) < 4.78 is 0. The zero-order valence-corrected chi connectivity index (χ0v) is 12.4. The number of carbonyl (C=O) groups excluding carboxylic acids is 1. The highest BCUT2D eigenvalue weighted by Gasteiger charge is 2.39. The first-order valence-corrected chi connectivity index (χ1v) is 7.78. The Labute approximate surface area is 121 Å². The van der Waals surface area contributed by atoms with Crippen molar-refractivity contribution in [2.45, 2.75) is 51.7 Å². The molecule has 1 N–H and O–H groups in total. The van der Waals surface area contributed by atoms with Gasteiger partial charge in [-0.05, 0) is 31.2 Å². The Morgan fingerprint density at radius 2 is 1.85 bits per heavy atom. The summed E-state index contributed by atoms with van der Waals surface area (Å²) in [6.07, 6.45) is 5.02. The number of amides is 1. The third-order valence-corrected chi connectivity index (χ3v) is 4.83. The number of rotatable bonds is 2. The number of hydrogen-bond acceptors (Lipinski definition) is 2. The van der Waals surface area contributed by atoms with Crippen LogP contribution in [-0.2, 0) is 4.79 Å². The van der Waals surface area contributed by atoms with Crippen molar-refractivity contribution < 1.29 is 4.79 Å². The predicted octanol–water partition coefficient (Wildman–Crippen LogP) is 3.00. The Morgan fingerprint density at radius 1 is 1.15 bits per heavy atom. The number of nitrogens with one attached hydrogen (secondary N) is 1. The van der Waals surface area contributed by atoms with Gasteiger partial charge in [-0.25, -0.2) is 0 Å². The molecule has 3 rings (SSSR count). The summed E-state index contributed by atoms with van der Waals surface area (Å²) in [5.74, 6) is 0.870. The van der Waals surface area contributed by atoms with Crippen LogP contribution in [0.4, 0.5) is 0 Å². The van der Waals surface area contributed by atoms with E-state index < -0.39 is 0 Å². The molecule has 2 aliphatic rings. The minimum atomic E-state index is 0.0636. The molecule has 1 heterocycles. The molecule has 3 atom stereocenters. The van der Waals surface area contributed by atoms with Crippen LogP contribution in [0.3, 0.4) is 0 Å². The highest BCUT2D eigenvalue weighted by atomic mass is 16.2. The van der Waals surface area contributed by atoms with E-state index in [1.165, 1.54) is 30.4 Å². The molecule has 3 heteroatoms. The van der Waals surface area contributed by atoms with Crippen LogP contribution in [0.1, 0.15) is 49.9 Å². The summed E-state index contributed by atoms with van der Waals surface area (Å²) >= 11 is 0. The minimum absolute atomic E-state index is 0.0636. The zero-order chi connectivity index (χ0) is 14.1. The van der Waals surface area contributed by atoms with E-state index in [-0.39, 0.29) is 12.1 Å². The van der Waals surface area contributed by atoms with E-state index in [1.807, 2.05) is 0 Å². The van der Waals surface area contributed by atoms with E-state index in [9.17, 15) is 4.79 Å². The molecule has 0 bridgehead atoms. The van der Waals surface area contributed by atoms with Crippen molar-refractivity contribution in [2.75, 3.05) is 6.54 Å². The second-order valence-corrected chi connectivity index (χ2v) is 6.32. The van der Waals surface area contributed by atoms with Crippen molar-refractivity contribution in [1.82, 2.24) is 10.2 Å². The van der Waals surface area contributed by atoms with Gasteiger partial charge in [-0.15, -0.1) is 0 Å². The highest BCUT2D eigenvalue weighted by Crippen LogP contribution is 2.34. The summed E-state index contributed by atoms with van der Waals surface area (Å²) in [7, 11) is 0. The summed E-state index contributed by atoms with van der Waals surface area (Å²) in [6, 6.07) is 8.94. The molecule has 1 aliphatic heterocycles. The van der Waals surface area contributed by atoms with Crippen molar-refractivity contribution >= 4 is 5.91 Å². The zero-order valence-electron chi connectivity index (χ0n) is 12.4. The van der Waals surface area contributed by atoms with E-state index in [1.54, 1.807) is 0 Å². The predicted molar refractivity (Wildman–Crippen MR) is 80.2 cm³/mol. The average Bonchev–Trinajstić information content (AvgIpc) is 2.82. The summed E-state index contributed by atoms with van der Waals surface area (Å²) in [5.41, 5.74) is 2.47. The molecule has 1 aliphatic carbocycles. The van der Waals surface area contributed by atoms with Crippen molar-refractivity contribution in [3.63, 3.8) is 0 Å². The third-order valence-electron chi connectivity index (χ3n) is 4.83. The highest BCUT2D eigenvalue weighted by molar-refractivity contribution is 5.81. The second kappa shape index (κ2) is 5.57. The quantitative estimate of drug-likeness (QED) is 0.897. The van der Waals surface area contributed by atoms with Gasteiger partial charge in [0.15, 0.2) is 0 Å². The van der Waals surface area contributed by atoms with Crippen LogP contribution in [0, 0.1) is 12.8 Å². The lowest BCUT2D eigenvalue weighted by molar-refractivity contribution is -0.132. The van der Waals surface area contributed by atoms with Crippen LogP contribution in [0.25, 0.3) is 0 Å². The molecule has 2 fully saturated rings. The number of benzene rings is 1. The maximum atomic E-state index is 12.3. The molecular formula is C17H24N2O. The van der Waals surface area contributed by atoms with Gasteiger partial charge in [-0.2, -0.15) is 0 Å². The Balaban J connectivity index is 1.86. The van der Waals surface area contributed by atoms with E-state index in [2.05, 4.69) is 48.3 Å². The summed E-state index contributed by atoms with van der Waals surface area (Å²) in [6.45, 7) is 4.86. The smallest absolute Gasteiger partial charge is 0.238 e. The van der Waals surface area contributed by atoms with Gasteiger partial charge < -0.3 is 4.90 Å². The van der Waals surface area contributed by atoms with Crippen molar-refractivity contribution in [2.24, 2.45) is 5.92 Å². The molecule has 0 radical (unpaired) electrons. The fraction of sp³-hybridized carbons (Fsp3) is 0.588. The van der Waals surface area contributed by atoms with Gasteiger partial charge in [0.05, 0.1) is 6.54 Å². The molecule has 3 nitrogen and oxygen atoms in total. The van der Waals surface area contributed by atoms with Crippen molar-refractivity contribution in [1.29, 1.82) is 0 Å². The fourth-order valence-corrected chi connectivity index (χ4v) is 3.63. The molecule has 1 amide bonds. The minimum Gasteiger partial charge on any atom is -0.319 e. The van der Waals surface area contributed by atoms with Crippen molar-refractivity contribution in [3.8, 4) is 0 Å². The van der Waals surface area contributed by atoms with E-state index in [0.29, 0.717) is 18.5 Å². The lowest BCUT2D eigenvalue weighted by Crippen LogP contribution is -2.44. The first kappa shape index (κ1) is 13.6. The summed E-state index contributed by atoms with van der Waals surface area (Å²) in [5, 5.41) is 3.39. The largest absolute Gasteiger partial charge is 0.319 e. The number of nitrogens with zero attached hydrogens (tertiary/aromatic N) is 1. The average molecular weight is 272 g/mol. The van der Waals surface area contributed by atoms with Gasteiger partial charge in [0.25, 0.3) is 0 Å². The molecule has 20 heavy (non-hydrogen) atoms. The maximum absolute atomic E-state index is 12.3. The topological polar surface area (TPSA) is 32.3 Å². The molecule has 1 saturated heterocycles. The lowest BCUT2D eigenvalue weighted by atomic mass is 9.84. The standard InChI is InChI=1S/C17H24N2O/c1-12-7-9-14(10-8-12)17-18-11-16(20)19(17)15-6-4-3-5-13(15)2/h7-10,13,15,17-18H,3-6,11H2,1-2H3. The first-order valence-electron chi connectivity index (χ1n) is 7.78.